The maximum atomic E-state index is 3.55. The second-order valence-electron chi connectivity index (χ2n) is 6.49. The summed E-state index contributed by atoms with van der Waals surface area (Å²) in [7, 11) is 0. The van der Waals surface area contributed by atoms with Crippen LogP contribution in [0.2, 0.25) is 0 Å². The Labute approximate surface area is 142 Å². The summed E-state index contributed by atoms with van der Waals surface area (Å²) in [5, 5.41) is 3.55. The van der Waals surface area contributed by atoms with Crippen molar-refractivity contribution in [3.05, 3.63) is 65.7 Å². The first-order chi connectivity index (χ1) is 11.3. The fourth-order valence-electron chi connectivity index (χ4n) is 2.95. The molecule has 1 N–H and O–H groups in total. The predicted molar refractivity (Wildman–Crippen MR) is 102 cm³/mol. The number of anilines is 1. The van der Waals surface area contributed by atoms with Crippen molar-refractivity contribution in [1.82, 2.24) is 0 Å². The van der Waals surface area contributed by atoms with Crippen molar-refractivity contribution in [2.24, 2.45) is 0 Å². The topological polar surface area (TPSA) is 12.0 Å². The first kappa shape index (κ1) is 17.6. The van der Waals surface area contributed by atoms with E-state index in [2.05, 4.69) is 67.7 Å². The average molecular weight is 309 g/mol. The van der Waals surface area contributed by atoms with Crippen molar-refractivity contribution < 1.29 is 0 Å². The van der Waals surface area contributed by atoms with E-state index in [1.807, 2.05) is 6.07 Å². The minimum Gasteiger partial charge on any atom is -0.379 e. The Bertz CT molecular complexity index is 530. The van der Waals surface area contributed by atoms with Crippen molar-refractivity contribution in [2.45, 2.75) is 64.8 Å². The van der Waals surface area contributed by atoms with Crippen LogP contribution < -0.4 is 5.32 Å². The molecule has 0 aliphatic heterocycles. The van der Waals surface area contributed by atoms with Gasteiger partial charge in [0.15, 0.2) is 0 Å². The summed E-state index contributed by atoms with van der Waals surface area (Å²) >= 11 is 0. The van der Waals surface area contributed by atoms with Crippen LogP contribution in [0.3, 0.4) is 0 Å². The van der Waals surface area contributed by atoms with Gasteiger partial charge in [0.25, 0.3) is 0 Å². The molecule has 2 rings (SSSR count). The molecule has 2 aromatic rings. The Kier molecular flexibility index (Phi) is 7.72. The highest BCUT2D eigenvalue weighted by Gasteiger charge is 2.05. The fourth-order valence-corrected chi connectivity index (χ4v) is 2.95. The molecule has 1 atom stereocenters. The molecule has 0 aromatic heterocycles. The molecule has 0 heterocycles. The van der Waals surface area contributed by atoms with Crippen LogP contribution in [0.4, 0.5) is 5.69 Å². The molecule has 1 nitrogen and oxygen atoms in total. The van der Waals surface area contributed by atoms with Gasteiger partial charge in [0.2, 0.25) is 0 Å². The number of benzene rings is 2. The SMILES string of the molecule is CCCCCCCCc1ccc(C(C)Nc2ccccc2)cc1. The summed E-state index contributed by atoms with van der Waals surface area (Å²) in [6, 6.07) is 19.9. The molecular weight excluding hydrogens is 278 g/mol. The van der Waals surface area contributed by atoms with Crippen LogP contribution in [-0.4, -0.2) is 0 Å². The van der Waals surface area contributed by atoms with E-state index in [1.165, 1.54) is 61.8 Å². The van der Waals surface area contributed by atoms with Gasteiger partial charge in [-0.15, -0.1) is 0 Å². The van der Waals surface area contributed by atoms with Gasteiger partial charge >= 0.3 is 0 Å². The third-order valence-electron chi connectivity index (χ3n) is 4.46. The number of hydrogen-bond acceptors (Lipinski definition) is 1. The Morgan fingerprint density at radius 1 is 0.783 bits per heavy atom. The number of hydrogen-bond donors (Lipinski definition) is 1. The first-order valence-corrected chi connectivity index (χ1v) is 9.20. The van der Waals surface area contributed by atoms with E-state index in [9.17, 15) is 0 Å². The molecule has 0 bridgehead atoms. The van der Waals surface area contributed by atoms with E-state index in [-0.39, 0.29) is 0 Å². The lowest BCUT2D eigenvalue weighted by Crippen LogP contribution is -2.06. The van der Waals surface area contributed by atoms with Gasteiger partial charge in [-0.05, 0) is 43.0 Å². The number of para-hydroxylation sites is 1. The lowest BCUT2D eigenvalue weighted by atomic mass is 10.0. The summed E-state index contributed by atoms with van der Waals surface area (Å²) in [6.07, 6.45) is 9.42. The van der Waals surface area contributed by atoms with Crippen LogP contribution >= 0.6 is 0 Å². The van der Waals surface area contributed by atoms with Gasteiger partial charge in [0.05, 0.1) is 0 Å². The molecule has 1 unspecified atom stereocenters. The van der Waals surface area contributed by atoms with E-state index in [0.717, 1.165) is 0 Å². The minimum atomic E-state index is 0.334. The molecule has 23 heavy (non-hydrogen) atoms. The van der Waals surface area contributed by atoms with Crippen LogP contribution in [0.1, 0.15) is 69.5 Å². The normalized spacial score (nSPS) is 12.1. The second kappa shape index (κ2) is 10.1. The summed E-state index contributed by atoms with van der Waals surface area (Å²) in [4.78, 5) is 0. The molecule has 0 aliphatic rings. The zero-order chi connectivity index (χ0) is 16.3. The van der Waals surface area contributed by atoms with Crippen molar-refractivity contribution in [3.8, 4) is 0 Å². The Balaban J connectivity index is 1.75. The molecular formula is C22H31N. The first-order valence-electron chi connectivity index (χ1n) is 9.20. The van der Waals surface area contributed by atoms with Crippen molar-refractivity contribution >= 4 is 5.69 Å². The van der Waals surface area contributed by atoms with Crippen molar-refractivity contribution in [1.29, 1.82) is 0 Å². The number of unbranched alkanes of at least 4 members (excludes halogenated alkanes) is 5. The monoisotopic (exact) mass is 309 g/mol. The van der Waals surface area contributed by atoms with Gasteiger partial charge in [-0.1, -0.05) is 81.5 Å². The summed E-state index contributed by atoms with van der Waals surface area (Å²) in [6.45, 7) is 4.49. The van der Waals surface area contributed by atoms with Gasteiger partial charge in [-0.25, -0.2) is 0 Å². The Morgan fingerprint density at radius 3 is 2.13 bits per heavy atom. The molecule has 124 valence electrons. The summed E-state index contributed by atoms with van der Waals surface area (Å²) < 4.78 is 0. The zero-order valence-electron chi connectivity index (χ0n) is 14.7. The molecule has 0 amide bonds. The molecule has 0 spiro atoms. The minimum absolute atomic E-state index is 0.334. The predicted octanol–water partition coefficient (Wildman–Crippen LogP) is 6.76. The molecule has 0 radical (unpaired) electrons. The molecule has 0 aliphatic carbocycles. The maximum Gasteiger partial charge on any atom is 0.0485 e. The summed E-state index contributed by atoms with van der Waals surface area (Å²) in [5.74, 6) is 0. The second-order valence-corrected chi connectivity index (χ2v) is 6.49. The van der Waals surface area contributed by atoms with Crippen LogP contribution in [0, 0.1) is 0 Å². The summed E-state index contributed by atoms with van der Waals surface area (Å²) in [5.41, 5.74) is 3.99. The van der Waals surface area contributed by atoms with Crippen molar-refractivity contribution in [2.75, 3.05) is 5.32 Å². The lowest BCUT2D eigenvalue weighted by molar-refractivity contribution is 0.607. The molecule has 0 saturated heterocycles. The standard InChI is InChI=1S/C22H31N/c1-3-4-5-6-7-9-12-20-15-17-21(18-16-20)19(2)23-22-13-10-8-11-14-22/h8,10-11,13-19,23H,3-7,9,12H2,1-2H3. The highest BCUT2D eigenvalue weighted by atomic mass is 14.9. The van der Waals surface area contributed by atoms with Crippen LogP contribution in [0.5, 0.6) is 0 Å². The van der Waals surface area contributed by atoms with Crippen molar-refractivity contribution in [3.63, 3.8) is 0 Å². The highest BCUT2D eigenvalue weighted by Crippen LogP contribution is 2.20. The Hall–Kier alpha value is -1.76. The van der Waals surface area contributed by atoms with Crippen LogP contribution in [-0.2, 0) is 6.42 Å². The average Bonchev–Trinajstić information content (AvgIpc) is 2.59. The van der Waals surface area contributed by atoms with Gasteiger partial charge in [-0.2, -0.15) is 0 Å². The lowest BCUT2D eigenvalue weighted by Gasteiger charge is -2.16. The molecule has 1 heteroatoms. The molecule has 0 saturated carbocycles. The largest absolute Gasteiger partial charge is 0.379 e. The third-order valence-corrected chi connectivity index (χ3v) is 4.46. The Morgan fingerprint density at radius 2 is 1.43 bits per heavy atom. The third kappa shape index (κ3) is 6.48. The highest BCUT2D eigenvalue weighted by molar-refractivity contribution is 5.45. The number of rotatable bonds is 10. The molecule has 2 aromatic carbocycles. The van der Waals surface area contributed by atoms with E-state index in [0.29, 0.717) is 6.04 Å². The number of nitrogens with one attached hydrogen (secondary N) is 1. The smallest absolute Gasteiger partial charge is 0.0485 e. The quantitative estimate of drug-likeness (QED) is 0.478. The van der Waals surface area contributed by atoms with E-state index in [4.69, 9.17) is 0 Å². The van der Waals surface area contributed by atoms with Gasteiger partial charge < -0.3 is 5.32 Å². The van der Waals surface area contributed by atoms with Crippen LogP contribution in [0.25, 0.3) is 0 Å². The van der Waals surface area contributed by atoms with Gasteiger partial charge in [0, 0.05) is 11.7 Å². The van der Waals surface area contributed by atoms with Crippen LogP contribution in [0.15, 0.2) is 54.6 Å². The van der Waals surface area contributed by atoms with Gasteiger partial charge in [-0.3, -0.25) is 0 Å². The van der Waals surface area contributed by atoms with E-state index >= 15 is 0 Å². The van der Waals surface area contributed by atoms with E-state index in [1.54, 1.807) is 0 Å². The molecule has 0 fully saturated rings. The van der Waals surface area contributed by atoms with E-state index < -0.39 is 0 Å². The number of aryl methyl sites for hydroxylation is 1. The fraction of sp³-hybridized carbons (Fsp3) is 0.455. The maximum absolute atomic E-state index is 3.55. The zero-order valence-corrected chi connectivity index (χ0v) is 14.7. The van der Waals surface area contributed by atoms with Gasteiger partial charge in [0.1, 0.15) is 0 Å².